The van der Waals surface area contributed by atoms with E-state index in [0.29, 0.717) is 5.60 Å². The molecule has 1 nitrogen and oxygen atoms in total. The highest BCUT2D eigenvalue weighted by Gasteiger charge is 2.33. The van der Waals surface area contributed by atoms with Gasteiger partial charge in [-0.15, -0.1) is 0 Å². The molecule has 0 aromatic carbocycles. The first-order valence-corrected chi connectivity index (χ1v) is 7.64. The van der Waals surface area contributed by atoms with Gasteiger partial charge in [-0.25, -0.2) is 0 Å². The highest BCUT2D eigenvalue weighted by molar-refractivity contribution is 6.48. The summed E-state index contributed by atoms with van der Waals surface area (Å²) in [5, 5.41) is 0. The van der Waals surface area contributed by atoms with Gasteiger partial charge in [0.1, 0.15) is 0 Å². The van der Waals surface area contributed by atoms with Crippen LogP contribution < -0.4 is 0 Å². The Morgan fingerprint density at radius 3 is 2.18 bits per heavy atom. The Morgan fingerprint density at radius 1 is 1.27 bits per heavy atom. The molecule has 1 aliphatic rings. The van der Waals surface area contributed by atoms with Gasteiger partial charge in [0.05, 0.1) is 5.60 Å². The highest BCUT2D eigenvalue weighted by Crippen LogP contribution is 2.36. The standard InChI is InChI=1S/C9H20OSi/c1-4-9(10-11(2)3)7-5-6-8-9/h11H,4-8H2,1-3H3. The van der Waals surface area contributed by atoms with Crippen LogP contribution in [0.5, 0.6) is 0 Å². The second-order valence-electron chi connectivity index (χ2n) is 3.91. The zero-order valence-corrected chi connectivity index (χ0v) is 9.18. The second kappa shape index (κ2) is 3.72. The Bertz CT molecular complexity index is 117. The van der Waals surface area contributed by atoms with Gasteiger partial charge in [0, 0.05) is 0 Å². The van der Waals surface area contributed by atoms with Crippen molar-refractivity contribution in [2.24, 2.45) is 0 Å². The highest BCUT2D eigenvalue weighted by atomic mass is 28.3. The topological polar surface area (TPSA) is 9.23 Å². The Morgan fingerprint density at radius 2 is 1.82 bits per heavy atom. The zero-order chi connectivity index (χ0) is 8.32. The van der Waals surface area contributed by atoms with Crippen LogP contribution in [0.1, 0.15) is 39.0 Å². The Balaban J connectivity index is 2.45. The van der Waals surface area contributed by atoms with Gasteiger partial charge in [-0.2, -0.15) is 0 Å². The molecule has 0 aromatic rings. The Labute approximate surface area is 71.9 Å². The summed E-state index contributed by atoms with van der Waals surface area (Å²) in [6.45, 7) is 6.81. The molecule has 0 unspecified atom stereocenters. The fourth-order valence-corrected chi connectivity index (χ4v) is 3.48. The van der Waals surface area contributed by atoms with Crippen molar-refractivity contribution in [2.45, 2.75) is 57.7 Å². The molecule has 11 heavy (non-hydrogen) atoms. The first kappa shape index (κ1) is 9.27. The summed E-state index contributed by atoms with van der Waals surface area (Å²) in [5.41, 5.74) is 0.320. The number of hydrogen-bond acceptors (Lipinski definition) is 1. The molecule has 0 bridgehead atoms. The lowest BCUT2D eigenvalue weighted by atomic mass is 10.00. The van der Waals surface area contributed by atoms with E-state index < -0.39 is 9.04 Å². The van der Waals surface area contributed by atoms with Crippen LogP contribution in [0, 0.1) is 0 Å². The van der Waals surface area contributed by atoms with Crippen molar-refractivity contribution >= 4 is 9.04 Å². The molecule has 0 radical (unpaired) electrons. The van der Waals surface area contributed by atoms with Crippen molar-refractivity contribution in [3.8, 4) is 0 Å². The molecule has 1 aliphatic carbocycles. The van der Waals surface area contributed by atoms with E-state index in [2.05, 4.69) is 20.0 Å². The summed E-state index contributed by atoms with van der Waals surface area (Å²) in [5.74, 6) is 0. The molecule has 1 saturated carbocycles. The minimum absolute atomic E-state index is 0.320. The molecule has 0 aromatic heterocycles. The van der Waals surface area contributed by atoms with Crippen LogP contribution in [-0.2, 0) is 4.43 Å². The molecule has 0 amide bonds. The van der Waals surface area contributed by atoms with Crippen molar-refractivity contribution in [3.63, 3.8) is 0 Å². The molecule has 1 rings (SSSR count). The molecule has 1 fully saturated rings. The Kier molecular flexibility index (Phi) is 3.13. The van der Waals surface area contributed by atoms with Gasteiger partial charge in [-0.05, 0) is 32.4 Å². The summed E-state index contributed by atoms with van der Waals surface area (Å²) < 4.78 is 6.09. The van der Waals surface area contributed by atoms with Crippen molar-refractivity contribution in [2.75, 3.05) is 0 Å². The van der Waals surface area contributed by atoms with Crippen LogP contribution in [0.4, 0.5) is 0 Å². The third kappa shape index (κ3) is 2.31. The molecule has 0 spiro atoms. The van der Waals surface area contributed by atoms with E-state index in [-0.39, 0.29) is 0 Å². The lowest BCUT2D eigenvalue weighted by molar-refractivity contribution is 0.0715. The van der Waals surface area contributed by atoms with Gasteiger partial charge in [-0.3, -0.25) is 0 Å². The lowest BCUT2D eigenvalue weighted by Gasteiger charge is -2.30. The SMILES string of the molecule is CCC1(O[SiH](C)C)CCCC1. The van der Waals surface area contributed by atoms with Crippen LogP contribution in [0.2, 0.25) is 13.1 Å². The maximum Gasteiger partial charge on any atom is 0.171 e. The van der Waals surface area contributed by atoms with Gasteiger partial charge in [0.2, 0.25) is 0 Å². The average molecular weight is 172 g/mol. The van der Waals surface area contributed by atoms with Gasteiger partial charge < -0.3 is 4.43 Å². The largest absolute Gasteiger partial charge is 0.415 e. The summed E-state index contributed by atoms with van der Waals surface area (Å²) in [7, 11) is -0.808. The van der Waals surface area contributed by atoms with Gasteiger partial charge in [0.25, 0.3) is 0 Å². The Hall–Kier alpha value is 0.177. The van der Waals surface area contributed by atoms with Gasteiger partial charge in [-0.1, -0.05) is 19.8 Å². The number of hydrogen-bond donors (Lipinski definition) is 0. The van der Waals surface area contributed by atoms with Crippen LogP contribution in [0.15, 0.2) is 0 Å². The van der Waals surface area contributed by atoms with E-state index in [0.717, 1.165) is 0 Å². The van der Waals surface area contributed by atoms with E-state index in [9.17, 15) is 0 Å². The van der Waals surface area contributed by atoms with Gasteiger partial charge >= 0.3 is 0 Å². The molecule has 66 valence electrons. The van der Waals surface area contributed by atoms with Crippen LogP contribution in [0.3, 0.4) is 0 Å². The van der Waals surface area contributed by atoms with Crippen molar-refractivity contribution in [1.29, 1.82) is 0 Å². The summed E-state index contributed by atoms with van der Waals surface area (Å²) in [4.78, 5) is 0. The van der Waals surface area contributed by atoms with Crippen molar-refractivity contribution < 1.29 is 4.43 Å². The molecule has 0 atom stereocenters. The smallest absolute Gasteiger partial charge is 0.171 e. The molecule has 0 heterocycles. The first-order valence-electron chi connectivity index (χ1n) is 4.86. The zero-order valence-electron chi connectivity index (χ0n) is 8.02. The van der Waals surface area contributed by atoms with Crippen LogP contribution in [0.25, 0.3) is 0 Å². The van der Waals surface area contributed by atoms with Crippen LogP contribution in [-0.4, -0.2) is 14.6 Å². The molecule has 0 N–H and O–H groups in total. The lowest BCUT2D eigenvalue weighted by Crippen LogP contribution is -2.32. The van der Waals surface area contributed by atoms with E-state index in [1.807, 2.05) is 0 Å². The predicted molar refractivity (Wildman–Crippen MR) is 51.5 cm³/mol. The van der Waals surface area contributed by atoms with E-state index >= 15 is 0 Å². The molecule has 0 saturated heterocycles. The first-order chi connectivity index (χ1) is 5.18. The monoisotopic (exact) mass is 172 g/mol. The fourth-order valence-electron chi connectivity index (χ4n) is 2.07. The molecular weight excluding hydrogens is 152 g/mol. The predicted octanol–water partition coefficient (Wildman–Crippen LogP) is 2.71. The third-order valence-corrected chi connectivity index (χ3v) is 3.62. The normalized spacial score (nSPS) is 22.9. The number of rotatable bonds is 3. The minimum atomic E-state index is -0.808. The van der Waals surface area contributed by atoms with Crippen LogP contribution >= 0.6 is 0 Å². The second-order valence-corrected chi connectivity index (χ2v) is 6.24. The van der Waals surface area contributed by atoms with Crippen molar-refractivity contribution in [3.05, 3.63) is 0 Å². The quantitative estimate of drug-likeness (QED) is 0.595. The average Bonchev–Trinajstić information content (AvgIpc) is 2.36. The van der Waals surface area contributed by atoms with E-state index in [1.165, 1.54) is 32.1 Å². The molecule has 0 aliphatic heterocycles. The third-order valence-electron chi connectivity index (χ3n) is 2.64. The van der Waals surface area contributed by atoms with Gasteiger partial charge in [0.15, 0.2) is 9.04 Å². The van der Waals surface area contributed by atoms with E-state index in [1.54, 1.807) is 0 Å². The maximum atomic E-state index is 6.09. The molecular formula is C9H20OSi. The van der Waals surface area contributed by atoms with Crippen molar-refractivity contribution in [1.82, 2.24) is 0 Å². The summed E-state index contributed by atoms with van der Waals surface area (Å²) in [6, 6.07) is 0. The minimum Gasteiger partial charge on any atom is -0.415 e. The van der Waals surface area contributed by atoms with E-state index in [4.69, 9.17) is 4.43 Å². The summed E-state index contributed by atoms with van der Waals surface area (Å²) in [6.07, 6.45) is 6.62. The molecule has 2 heteroatoms. The fraction of sp³-hybridized carbons (Fsp3) is 1.00. The maximum absolute atomic E-state index is 6.09. The summed E-state index contributed by atoms with van der Waals surface area (Å²) >= 11 is 0.